The van der Waals surface area contributed by atoms with Gasteiger partial charge < -0.3 is 19.2 Å². The van der Waals surface area contributed by atoms with Gasteiger partial charge in [-0.15, -0.1) is 6.58 Å². The fourth-order valence-electron chi connectivity index (χ4n) is 7.91. The minimum absolute atomic E-state index is 0.0297. The van der Waals surface area contributed by atoms with Gasteiger partial charge in [0.25, 0.3) is 0 Å². The highest BCUT2D eigenvalue weighted by Gasteiger charge is 2.53. The molecule has 0 saturated heterocycles. The van der Waals surface area contributed by atoms with Crippen molar-refractivity contribution in [3.8, 4) is 0 Å². The van der Waals surface area contributed by atoms with Gasteiger partial charge in [0.2, 0.25) is 5.91 Å². The highest BCUT2D eigenvalue weighted by molar-refractivity contribution is 6.02. The van der Waals surface area contributed by atoms with Gasteiger partial charge in [0, 0.05) is 75.1 Å². The van der Waals surface area contributed by atoms with E-state index in [1.165, 1.54) is 19.3 Å². The lowest BCUT2D eigenvalue weighted by Gasteiger charge is -2.31. The first-order chi connectivity index (χ1) is 22.9. The lowest BCUT2D eigenvalue weighted by atomic mass is 9.77. The number of unbranched alkanes of at least 4 members (excludes halogenated alkanes) is 6. The SMILES string of the molecule is C=CCCCCCCCCC(=O)Nc1ccc2c(c1)C(=O)OC2(c1c(C)n(CC)c2ccccc12)c1c(C)n(CC)c2ccccc12. The van der Waals surface area contributed by atoms with Crippen LogP contribution in [0.4, 0.5) is 5.69 Å². The third-order valence-electron chi connectivity index (χ3n) is 10.0. The highest BCUT2D eigenvalue weighted by atomic mass is 16.6. The van der Waals surface area contributed by atoms with E-state index in [1.807, 2.05) is 18.2 Å². The van der Waals surface area contributed by atoms with Crippen LogP contribution in [0.5, 0.6) is 0 Å². The van der Waals surface area contributed by atoms with Crippen molar-refractivity contribution in [1.29, 1.82) is 0 Å². The molecule has 47 heavy (non-hydrogen) atoms. The molecule has 6 heteroatoms. The summed E-state index contributed by atoms with van der Waals surface area (Å²) in [5.74, 6) is -0.411. The van der Waals surface area contributed by atoms with E-state index in [4.69, 9.17) is 4.74 Å². The van der Waals surface area contributed by atoms with E-state index in [2.05, 4.69) is 97.3 Å². The van der Waals surface area contributed by atoms with Gasteiger partial charge in [-0.1, -0.05) is 74.2 Å². The van der Waals surface area contributed by atoms with Crippen molar-refractivity contribution in [2.45, 2.75) is 97.8 Å². The molecule has 0 atom stereocenters. The number of cyclic esters (lactones) is 1. The average molecular weight is 630 g/mol. The molecule has 0 unspecified atom stereocenters. The molecule has 1 aliphatic heterocycles. The van der Waals surface area contributed by atoms with Gasteiger partial charge in [0.05, 0.1) is 5.56 Å². The van der Waals surface area contributed by atoms with Crippen LogP contribution in [-0.4, -0.2) is 21.0 Å². The van der Waals surface area contributed by atoms with Crippen molar-refractivity contribution in [1.82, 2.24) is 9.13 Å². The Balaban J connectivity index is 1.42. The van der Waals surface area contributed by atoms with E-state index in [0.717, 1.165) is 88.7 Å². The molecular weight excluding hydrogens is 582 g/mol. The Morgan fingerprint density at radius 3 is 1.94 bits per heavy atom. The second kappa shape index (κ2) is 13.6. The zero-order valence-corrected chi connectivity index (χ0v) is 28.3. The quantitative estimate of drug-likeness (QED) is 0.0755. The molecule has 6 nitrogen and oxygen atoms in total. The fourth-order valence-corrected chi connectivity index (χ4v) is 7.91. The molecule has 0 aliphatic carbocycles. The van der Waals surface area contributed by atoms with E-state index < -0.39 is 5.60 Å². The Hall–Kier alpha value is -4.58. The number of amides is 1. The van der Waals surface area contributed by atoms with Crippen molar-refractivity contribution in [3.05, 3.63) is 113 Å². The zero-order valence-electron chi connectivity index (χ0n) is 28.3. The lowest BCUT2D eigenvalue weighted by Crippen LogP contribution is -2.31. The highest BCUT2D eigenvalue weighted by Crippen LogP contribution is 2.54. The Morgan fingerprint density at radius 2 is 1.36 bits per heavy atom. The first kappa shape index (κ1) is 32.4. The number of aryl methyl sites for hydroxylation is 2. The number of ether oxygens (including phenoxy) is 1. The lowest BCUT2D eigenvalue weighted by molar-refractivity contribution is -0.116. The number of fused-ring (bicyclic) bond motifs is 3. The number of para-hydroxylation sites is 2. The van der Waals surface area contributed by atoms with Crippen LogP contribution in [0.1, 0.15) is 104 Å². The number of carbonyl (C=O) groups excluding carboxylic acids is 2. The summed E-state index contributed by atoms with van der Waals surface area (Å²) in [4.78, 5) is 27.0. The van der Waals surface area contributed by atoms with E-state index >= 15 is 0 Å². The second-order valence-electron chi connectivity index (χ2n) is 12.8. The summed E-state index contributed by atoms with van der Waals surface area (Å²) in [6.07, 6.45) is 10.1. The number of hydrogen-bond acceptors (Lipinski definition) is 3. The number of nitrogens with zero attached hydrogens (tertiary/aromatic N) is 2. The summed E-state index contributed by atoms with van der Waals surface area (Å²) in [7, 11) is 0. The summed E-state index contributed by atoms with van der Waals surface area (Å²) in [5, 5.41) is 5.20. The molecule has 3 heterocycles. The maximum atomic E-state index is 14.1. The van der Waals surface area contributed by atoms with Crippen molar-refractivity contribution in [2.75, 3.05) is 5.32 Å². The van der Waals surface area contributed by atoms with E-state index in [1.54, 1.807) is 6.07 Å². The summed E-state index contributed by atoms with van der Waals surface area (Å²) < 4.78 is 11.4. The largest absolute Gasteiger partial charge is 0.440 e. The maximum absolute atomic E-state index is 14.1. The second-order valence-corrected chi connectivity index (χ2v) is 12.8. The molecule has 1 aliphatic rings. The van der Waals surface area contributed by atoms with Crippen LogP contribution >= 0.6 is 0 Å². The van der Waals surface area contributed by atoms with Gasteiger partial charge in [-0.05, 0) is 71.2 Å². The zero-order chi connectivity index (χ0) is 33.1. The topological polar surface area (TPSA) is 65.3 Å². The third-order valence-corrected chi connectivity index (χ3v) is 10.0. The third kappa shape index (κ3) is 5.58. The van der Waals surface area contributed by atoms with Crippen LogP contribution in [0.15, 0.2) is 79.4 Å². The van der Waals surface area contributed by atoms with Gasteiger partial charge in [0.1, 0.15) is 0 Å². The molecule has 0 radical (unpaired) electrons. The number of allylic oxidation sites excluding steroid dienone is 1. The smallest absolute Gasteiger partial charge is 0.340 e. The number of nitrogens with one attached hydrogen (secondary N) is 1. The Labute approximate surface area is 278 Å². The van der Waals surface area contributed by atoms with E-state index in [9.17, 15) is 9.59 Å². The number of aromatic nitrogens is 2. The van der Waals surface area contributed by atoms with Crippen LogP contribution in [-0.2, 0) is 28.2 Å². The summed E-state index contributed by atoms with van der Waals surface area (Å²) in [6, 6.07) is 22.5. The molecule has 2 aromatic heterocycles. The fraction of sp³-hybridized carbons (Fsp3) is 0.366. The van der Waals surface area contributed by atoms with E-state index in [-0.39, 0.29) is 11.9 Å². The normalized spacial score (nSPS) is 13.7. The predicted molar refractivity (Wildman–Crippen MR) is 192 cm³/mol. The molecule has 5 aromatic rings. The minimum Gasteiger partial charge on any atom is -0.440 e. The van der Waals surface area contributed by atoms with Crippen LogP contribution < -0.4 is 5.32 Å². The molecule has 1 N–H and O–H groups in total. The van der Waals surface area contributed by atoms with Gasteiger partial charge in [-0.25, -0.2) is 4.79 Å². The van der Waals surface area contributed by atoms with Crippen molar-refractivity contribution in [2.24, 2.45) is 0 Å². The number of anilines is 1. The van der Waals surface area contributed by atoms with Gasteiger partial charge in [-0.3, -0.25) is 4.79 Å². The number of hydrogen-bond donors (Lipinski definition) is 1. The van der Waals surface area contributed by atoms with Crippen LogP contribution in [0.2, 0.25) is 0 Å². The molecule has 0 bridgehead atoms. The molecule has 0 saturated carbocycles. The van der Waals surface area contributed by atoms with Crippen LogP contribution in [0.3, 0.4) is 0 Å². The van der Waals surface area contributed by atoms with Gasteiger partial charge in [0.15, 0.2) is 5.60 Å². The molecule has 3 aromatic carbocycles. The molecule has 6 rings (SSSR count). The van der Waals surface area contributed by atoms with Crippen molar-refractivity contribution < 1.29 is 14.3 Å². The average Bonchev–Trinajstić information content (AvgIpc) is 3.65. The van der Waals surface area contributed by atoms with Crippen LogP contribution in [0.25, 0.3) is 21.8 Å². The molecule has 0 fully saturated rings. The molecular formula is C41H47N3O3. The van der Waals surface area contributed by atoms with Crippen molar-refractivity contribution >= 4 is 39.4 Å². The van der Waals surface area contributed by atoms with Gasteiger partial charge >= 0.3 is 5.97 Å². The Kier molecular flexibility index (Phi) is 9.40. The number of benzene rings is 3. The predicted octanol–water partition coefficient (Wildman–Crippen LogP) is 9.96. The summed E-state index contributed by atoms with van der Waals surface area (Å²) >= 11 is 0. The first-order valence-electron chi connectivity index (χ1n) is 17.3. The number of esters is 1. The summed E-state index contributed by atoms with van der Waals surface area (Å²) in [5.41, 5.74) is 7.09. The van der Waals surface area contributed by atoms with E-state index in [0.29, 0.717) is 17.7 Å². The molecule has 0 spiro atoms. The monoisotopic (exact) mass is 629 g/mol. The Bertz CT molecular complexity index is 1870. The number of rotatable bonds is 14. The standard InChI is InChI=1S/C41H47N3O3/c1-6-9-10-11-12-13-14-15-24-37(45)42-30-25-26-34-33(27-30)40(46)47-41(34,38-28(4)43(7-2)35-22-18-16-20-31(35)38)39-29(5)44(8-3)36-23-19-17-21-32(36)39/h6,16-23,25-27H,1,7-15,24H2,2-5H3,(H,42,45). The van der Waals surface area contributed by atoms with Crippen LogP contribution in [0, 0.1) is 13.8 Å². The molecule has 1 amide bonds. The number of carbonyl (C=O) groups is 2. The Morgan fingerprint density at radius 1 is 0.809 bits per heavy atom. The first-order valence-corrected chi connectivity index (χ1v) is 17.3. The summed E-state index contributed by atoms with van der Waals surface area (Å²) in [6.45, 7) is 13.9. The minimum atomic E-state index is -1.17. The van der Waals surface area contributed by atoms with Crippen molar-refractivity contribution in [3.63, 3.8) is 0 Å². The molecule has 244 valence electrons. The maximum Gasteiger partial charge on any atom is 0.340 e. The van der Waals surface area contributed by atoms with Gasteiger partial charge in [-0.2, -0.15) is 0 Å².